The SMILES string of the molecule is CCCc1cc(C(O)(C(F)(F)F)C(F)(F)F)ccc1NC(=O)CCCN1C(=O)NC(C)(c2ccc(OC)nc2)C1=O. The van der Waals surface area contributed by atoms with Gasteiger partial charge in [0.15, 0.2) is 0 Å². The third-order valence-electron chi connectivity index (χ3n) is 6.72. The van der Waals surface area contributed by atoms with E-state index in [9.17, 15) is 45.8 Å². The number of anilines is 1. The summed E-state index contributed by atoms with van der Waals surface area (Å²) < 4.78 is 84.8. The van der Waals surface area contributed by atoms with Gasteiger partial charge in [-0.05, 0) is 37.5 Å². The minimum atomic E-state index is -6.04. The van der Waals surface area contributed by atoms with Crippen molar-refractivity contribution in [3.8, 4) is 5.88 Å². The predicted molar refractivity (Wildman–Crippen MR) is 133 cm³/mol. The fraction of sp³-hybridized carbons (Fsp3) is 0.462. The summed E-state index contributed by atoms with van der Waals surface area (Å²) in [6.45, 7) is 3.00. The first-order valence-electron chi connectivity index (χ1n) is 12.4. The highest BCUT2D eigenvalue weighted by atomic mass is 19.4. The highest BCUT2D eigenvalue weighted by Crippen LogP contribution is 2.50. The zero-order chi connectivity index (χ0) is 30.8. The molecular formula is C26H28F6N4O5. The zero-order valence-electron chi connectivity index (χ0n) is 22.2. The number of hydrogen-bond donors (Lipinski definition) is 3. The monoisotopic (exact) mass is 590 g/mol. The van der Waals surface area contributed by atoms with E-state index in [-0.39, 0.29) is 37.1 Å². The molecule has 1 atom stereocenters. The van der Waals surface area contributed by atoms with Gasteiger partial charge < -0.3 is 20.5 Å². The molecule has 1 saturated heterocycles. The van der Waals surface area contributed by atoms with Gasteiger partial charge in [0.05, 0.1) is 7.11 Å². The van der Waals surface area contributed by atoms with Gasteiger partial charge in [0.2, 0.25) is 11.8 Å². The van der Waals surface area contributed by atoms with E-state index in [2.05, 4.69) is 15.6 Å². The molecule has 1 aliphatic rings. The largest absolute Gasteiger partial charge is 0.481 e. The number of aryl methyl sites for hydroxylation is 1. The van der Waals surface area contributed by atoms with Crippen molar-refractivity contribution in [2.75, 3.05) is 19.0 Å². The first kappa shape index (κ1) is 31.6. The molecule has 0 radical (unpaired) electrons. The van der Waals surface area contributed by atoms with E-state index in [4.69, 9.17) is 4.74 Å². The van der Waals surface area contributed by atoms with Crippen molar-refractivity contribution >= 4 is 23.5 Å². The molecule has 0 bridgehead atoms. The number of halogens is 6. The Morgan fingerprint density at radius 1 is 1.12 bits per heavy atom. The number of benzene rings is 1. The van der Waals surface area contributed by atoms with Gasteiger partial charge in [-0.2, -0.15) is 26.3 Å². The molecule has 0 aliphatic carbocycles. The molecule has 2 heterocycles. The first-order chi connectivity index (χ1) is 19.0. The molecule has 3 rings (SSSR count). The Hall–Kier alpha value is -3.88. The molecule has 1 aromatic carbocycles. The van der Waals surface area contributed by atoms with E-state index in [1.54, 1.807) is 13.0 Å². The van der Waals surface area contributed by atoms with Crippen molar-refractivity contribution in [2.24, 2.45) is 0 Å². The Labute approximate surface area is 230 Å². The van der Waals surface area contributed by atoms with Gasteiger partial charge in [-0.15, -0.1) is 0 Å². The van der Waals surface area contributed by atoms with Gasteiger partial charge in [0.1, 0.15) is 5.54 Å². The summed E-state index contributed by atoms with van der Waals surface area (Å²) in [5, 5.41) is 14.7. The number of carbonyl (C=O) groups excluding carboxylic acids is 3. The Morgan fingerprint density at radius 3 is 2.32 bits per heavy atom. The number of nitrogens with one attached hydrogen (secondary N) is 2. The van der Waals surface area contributed by atoms with Crippen molar-refractivity contribution in [2.45, 2.75) is 63.0 Å². The second kappa shape index (κ2) is 11.5. The number of urea groups is 1. The van der Waals surface area contributed by atoms with E-state index in [1.807, 2.05) is 0 Å². The molecule has 9 nitrogen and oxygen atoms in total. The fourth-order valence-corrected chi connectivity index (χ4v) is 4.41. The quantitative estimate of drug-likeness (QED) is 0.276. The second-order valence-electron chi connectivity index (χ2n) is 9.58. The first-order valence-corrected chi connectivity index (χ1v) is 12.4. The molecule has 1 aliphatic heterocycles. The highest BCUT2D eigenvalue weighted by Gasteiger charge is 2.71. The number of pyridine rings is 1. The Kier molecular flexibility index (Phi) is 8.91. The summed E-state index contributed by atoms with van der Waals surface area (Å²) in [6.07, 6.45) is -10.6. The minimum Gasteiger partial charge on any atom is -0.481 e. The summed E-state index contributed by atoms with van der Waals surface area (Å²) >= 11 is 0. The number of ether oxygens (including phenoxy) is 1. The number of alkyl halides is 6. The number of nitrogens with zero attached hydrogens (tertiary/aromatic N) is 2. The average molecular weight is 591 g/mol. The van der Waals surface area contributed by atoms with Crippen LogP contribution in [0.3, 0.4) is 0 Å². The van der Waals surface area contributed by atoms with E-state index in [0.29, 0.717) is 30.0 Å². The molecule has 4 amide bonds. The molecule has 0 spiro atoms. The molecule has 1 unspecified atom stereocenters. The van der Waals surface area contributed by atoms with Crippen LogP contribution >= 0.6 is 0 Å². The number of rotatable bonds is 10. The van der Waals surface area contributed by atoms with Gasteiger partial charge >= 0.3 is 18.4 Å². The molecular weight excluding hydrogens is 562 g/mol. The molecule has 41 heavy (non-hydrogen) atoms. The van der Waals surface area contributed by atoms with E-state index in [1.165, 1.54) is 26.3 Å². The van der Waals surface area contributed by atoms with Gasteiger partial charge in [0, 0.05) is 42.0 Å². The predicted octanol–water partition coefficient (Wildman–Crippen LogP) is 4.54. The number of amides is 4. The van der Waals surface area contributed by atoms with E-state index < -0.39 is 46.9 Å². The van der Waals surface area contributed by atoms with Crippen LogP contribution in [0.5, 0.6) is 5.88 Å². The lowest BCUT2D eigenvalue weighted by Gasteiger charge is -2.33. The summed E-state index contributed by atoms with van der Waals surface area (Å²) in [4.78, 5) is 43.1. The van der Waals surface area contributed by atoms with E-state index >= 15 is 0 Å². The third-order valence-corrected chi connectivity index (χ3v) is 6.72. The van der Waals surface area contributed by atoms with Gasteiger partial charge in [-0.1, -0.05) is 25.5 Å². The van der Waals surface area contributed by atoms with Crippen LogP contribution in [0.4, 0.5) is 36.8 Å². The molecule has 2 aromatic rings. The second-order valence-corrected chi connectivity index (χ2v) is 9.58. The molecule has 224 valence electrons. The minimum absolute atomic E-state index is 0.0104. The van der Waals surface area contributed by atoms with Crippen molar-refractivity contribution < 1.29 is 50.6 Å². The van der Waals surface area contributed by atoms with Crippen LogP contribution in [0, 0.1) is 0 Å². The van der Waals surface area contributed by atoms with Gasteiger partial charge in [-0.3, -0.25) is 14.5 Å². The Bertz CT molecular complexity index is 1280. The maximum Gasteiger partial charge on any atom is 0.430 e. The van der Waals surface area contributed by atoms with Crippen LogP contribution in [0.15, 0.2) is 36.5 Å². The zero-order valence-corrected chi connectivity index (χ0v) is 22.2. The van der Waals surface area contributed by atoms with Gasteiger partial charge in [0.25, 0.3) is 11.5 Å². The Balaban J connectivity index is 1.69. The molecule has 1 fully saturated rings. The van der Waals surface area contributed by atoms with E-state index in [0.717, 1.165) is 11.0 Å². The maximum atomic E-state index is 13.3. The van der Waals surface area contributed by atoms with Gasteiger partial charge in [-0.25, -0.2) is 9.78 Å². The number of imide groups is 1. The van der Waals surface area contributed by atoms with Crippen molar-refractivity contribution in [3.63, 3.8) is 0 Å². The Morgan fingerprint density at radius 2 is 1.78 bits per heavy atom. The van der Waals surface area contributed by atoms with Crippen LogP contribution in [-0.2, 0) is 27.1 Å². The van der Waals surface area contributed by atoms with Crippen molar-refractivity contribution in [3.05, 3.63) is 53.2 Å². The topological polar surface area (TPSA) is 121 Å². The van der Waals surface area contributed by atoms with Crippen molar-refractivity contribution in [1.29, 1.82) is 0 Å². The fourth-order valence-electron chi connectivity index (χ4n) is 4.41. The molecule has 3 N–H and O–H groups in total. The summed E-state index contributed by atoms with van der Waals surface area (Å²) in [5.41, 5.74) is -7.57. The van der Waals surface area contributed by atoms with Crippen LogP contribution in [0.1, 0.15) is 49.8 Å². The number of aliphatic hydroxyl groups is 1. The number of carbonyl (C=O) groups is 3. The van der Waals surface area contributed by atoms with Crippen molar-refractivity contribution in [1.82, 2.24) is 15.2 Å². The van der Waals surface area contributed by atoms with Crippen LogP contribution in [0.25, 0.3) is 0 Å². The lowest BCUT2D eigenvalue weighted by atomic mass is 9.89. The summed E-state index contributed by atoms with van der Waals surface area (Å²) in [5.74, 6) is -0.909. The smallest absolute Gasteiger partial charge is 0.430 e. The normalized spacial score (nSPS) is 18.0. The lowest BCUT2D eigenvalue weighted by molar-refractivity contribution is -0.376. The van der Waals surface area contributed by atoms with Crippen LogP contribution in [0.2, 0.25) is 0 Å². The number of hydrogen-bond acceptors (Lipinski definition) is 6. The molecule has 0 saturated carbocycles. The number of methoxy groups -OCH3 is 1. The highest BCUT2D eigenvalue weighted by molar-refractivity contribution is 6.07. The summed E-state index contributed by atoms with van der Waals surface area (Å²) in [7, 11) is 1.42. The lowest BCUT2D eigenvalue weighted by Crippen LogP contribution is -2.54. The third kappa shape index (κ3) is 6.09. The molecule has 15 heteroatoms. The molecule has 1 aromatic heterocycles. The average Bonchev–Trinajstić information content (AvgIpc) is 3.11. The van der Waals surface area contributed by atoms with Crippen LogP contribution < -0.4 is 15.4 Å². The summed E-state index contributed by atoms with van der Waals surface area (Å²) in [6, 6.07) is 4.31. The maximum absolute atomic E-state index is 13.3. The number of aromatic nitrogens is 1. The standard InChI is InChI=1S/C26H28F6N4O5/c1-4-6-15-13-16(24(40,25(27,28)29)26(30,31)32)8-10-18(15)34-19(37)7-5-12-36-21(38)23(2,35-22(36)39)17-9-11-20(41-3)33-14-17/h8-11,13-14,40H,4-7,12H2,1-3H3,(H,34,37)(H,35,39). The van der Waals surface area contributed by atoms with Crippen LogP contribution in [-0.4, -0.2) is 58.8 Å².